The Kier molecular flexibility index (Phi) is 6.57. The predicted octanol–water partition coefficient (Wildman–Crippen LogP) is 0.356. The first-order chi connectivity index (χ1) is 6.43. The van der Waals surface area contributed by atoms with Crippen LogP contribution in [0.3, 0.4) is 0 Å². The number of nitrogens with zero attached hydrogens (tertiary/aromatic N) is 1. The van der Waals surface area contributed by atoms with Crippen LogP contribution in [0.25, 0.3) is 0 Å². The topological polar surface area (TPSA) is 40.5 Å². The average molecular weight is 299 g/mol. The Morgan fingerprint density at radius 1 is 1.36 bits per heavy atom. The maximum absolute atomic E-state index is 10.4. The van der Waals surface area contributed by atoms with Crippen LogP contribution in [0, 0.1) is 0 Å². The van der Waals surface area contributed by atoms with Gasteiger partial charge in [-0.2, -0.15) is 0 Å². The molecular formula is C10H14NO2Sn. The molecule has 1 N–H and O–H groups in total. The van der Waals surface area contributed by atoms with Gasteiger partial charge in [0.2, 0.25) is 0 Å². The van der Waals surface area contributed by atoms with Crippen molar-refractivity contribution in [3.8, 4) is 0 Å². The third-order valence-electron chi connectivity index (χ3n) is 1.11. The molecule has 0 saturated carbocycles. The minimum atomic E-state index is -0.857. The molecule has 0 fully saturated rings. The van der Waals surface area contributed by atoms with E-state index in [1.54, 1.807) is 18.2 Å². The summed E-state index contributed by atoms with van der Waals surface area (Å²) in [5, 5.41) is 8.52. The Bertz CT molecular complexity index is 297. The average Bonchev–Trinajstić information content (AvgIpc) is 2.03. The normalized spacial score (nSPS) is 9.21. The number of hydrogen-bond donors (Lipinski definition) is 1. The molecule has 0 unspecified atom stereocenters. The first-order valence-corrected chi connectivity index (χ1v) is 5.52. The van der Waals surface area contributed by atoms with Crippen LogP contribution in [-0.2, 0) is 0 Å². The van der Waals surface area contributed by atoms with E-state index in [0.29, 0.717) is 5.56 Å². The van der Waals surface area contributed by atoms with Crippen molar-refractivity contribution < 1.29 is 9.90 Å². The van der Waals surface area contributed by atoms with Gasteiger partial charge in [0.05, 0.1) is 0 Å². The summed E-state index contributed by atoms with van der Waals surface area (Å²) in [6, 6.07) is 6.94. The fraction of sp³-hybridized carbons (Fsp3) is 0.300. The molecule has 0 atom stereocenters. The van der Waals surface area contributed by atoms with Crippen molar-refractivity contribution in [1.82, 2.24) is 4.90 Å². The number of carboxylic acids is 1. The van der Waals surface area contributed by atoms with Crippen LogP contribution < -0.4 is 3.58 Å². The molecule has 4 heteroatoms. The van der Waals surface area contributed by atoms with E-state index in [1.807, 2.05) is 32.1 Å². The van der Waals surface area contributed by atoms with Gasteiger partial charge in [0.1, 0.15) is 0 Å². The monoisotopic (exact) mass is 300 g/mol. The standard InChI is InChI=1S/C7H5O2.C3H9N.Sn/c8-7(9)6-4-2-1-3-5-6;1-4(2)3;/h1-2,4-5H,(H,8,9);1-3H3;. The summed E-state index contributed by atoms with van der Waals surface area (Å²) in [4.78, 5) is 12.4. The molecule has 1 aromatic carbocycles. The van der Waals surface area contributed by atoms with Gasteiger partial charge in [-0.05, 0) is 21.1 Å². The van der Waals surface area contributed by atoms with E-state index in [-0.39, 0.29) is 0 Å². The molecule has 1 aromatic rings. The predicted molar refractivity (Wildman–Crippen MR) is 58.4 cm³/mol. The molecule has 1 rings (SSSR count). The third-order valence-corrected chi connectivity index (χ3v) is 2.00. The van der Waals surface area contributed by atoms with E-state index in [9.17, 15) is 4.79 Å². The fourth-order valence-electron chi connectivity index (χ4n) is 0.652. The quantitative estimate of drug-likeness (QED) is 0.761. The van der Waals surface area contributed by atoms with Crippen LogP contribution in [0.15, 0.2) is 24.3 Å². The summed E-state index contributed by atoms with van der Waals surface area (Å²) in [6.07, 6.45) is 0. The van der Waals surface area contributed by atoms with E-state index < -0.39 is 5.97 Å². The van der Waals surface area contributed by atoms with Crippen LogP contribution in [0.1, 0.15) is 10.4 Å². The Labute approximate surface area is 97.8 Å². The van der Waals surface area contributed by atoms with Crippen LogP contribution in [0.2, 0.25) is 0 Å². The van der Waals surface area contributed by atoms with E-state index in [2.05, 4.69) is 0 Å². The third kappa shape index (κ3) is 6.91. The molecular weight excluding hydrogens is 285 g/mol. The van der Waals surface area contributed by atoms with Gasteiger partial charge in [0, 0.05) is 0 Å². The van der Waals surface area contributed by atoms with Crippen molar-refractivity contribution in [2.24, 2.45) is 0 Å². The van der Waals surface area contributed by atoms with E-state index in [4.69, 9.17) is 5.11 Å². The van der Waals surface area contributed by atoms with E-state index in [1.165, 1.54) is 22.5 Å². The molecule has 0 bridgehead atoms. The summed E-state index contributed by atoms with van der Waals surface area (Å²) >= 11 is 1.24. The molecule has 0 aliphatic rings. The van der Waals surface area contributed by atoms with Gasteiger partial charge >= 0.3 is 71.8 Å². The van der Waals surface area contributed by atoms with Gasteiger partial charge in [-0.3, -0.25) is 0 Å². The van der Waals surface area contributed by atoms with Gasteiger partial charge in [-0.15, -0.1) is 0 Å². The molecule has 3 radical (unpaired) electrons. The summed E-state index contributed by atoms with van der Waals surface area (Å²) in [6.45, 7) is 0. The second-order valence-electron chi connectivity index (χ2n) is 3.23. The molecule has 75 valence electrons. The zero-order valence-corrected chi connectivity index (χ0v) is 11.5. The van der Waals surface area contributed by atoms with Crippen LogP contribution >= 0.6 is 0 Å². The van der Waals surface area contributed by atoms with Crippen molar-refractivity contribution in [2.75, 3.05) is 21.1 Å². The van der Waals surface area contributed by atoms with Crippen molar-refractivity contribution in [3.05, 3.63) is 29.8 Å². The summed E-state index contributed by atoms with van der Waals surface area (Å²) < 4.78 is 1.06. The molecule has 3 nitrogen and oxygen atoms in total. The van der Waals surface area contributed by atoms with Crippen molar-refractivity contribution in [3.63, 3.8) is 0 Å². The Morgan fingerprint density at radius 3 is 2.14 bits per heavy atom. The molecule has 0 amide bonds. The zero-order chi connectivity index (χ0) is 11.1. The fourth-order valence-corrected chi connectivity index (χ4v) is 1.37. The molecule has 0 saturated heterocycles. The van der Waals surface area contributed by atoms with Crippen LogP contribution in [0.5, 0.6) is 0 Å². The molecule has 0 aliphatic carbocycles. The van der Waals surface area contributed by atoms with Crippen molar-refractivity contribution in [1.29, 1.82) is 0 Å². The van der Waals surface area contributed by atoms with Gasteiger partial charge in [-0.1, -0.05) is 0 Å². The summed E-state index contributed by atoms with van der Waals surface area (Å²) in [7, 11) is 6.00. The molecule has 0 spiro atoms. The second-order valence-corrected chi connectivity index (χ2v) is 4.88. The van der Waals surface area contributed by atoms with Gasteiger partial charge in [-0.25, -0.2) is 0 Å². The van der Waals surface area contributed by atoms with Crippen LogP contribution in [0.4, 0.5) is 0 Å². The van der Waals surface area contributed by atoms with Crippen molar-refractivity contribution in [2.45, 2.75) is 0 Å². The van der Waals surface area contributed by atoms with E-state index >= 15 is 0 Å². The van der Waals surface area contributed by atoms with E-state index in [0.717, 1.165) is 3.58 Å². The van der Waals surface area contributed by atoms with Crippen LogP contribution in [-0.4, -0.2) is 59.6 Å². The molecule has 14 heavy (non-hydrogen) atoms. The Balaban J connectivity index is 0.000000364. The molecule has 0 aliphatic heterocycles. The first kappa shape index (κ1) is 13.4. The van der Waals surface area contributed by atoms with Gasteiger partial charge in [0.15, 0.2) is 0 Å². The molecule has 0 heterocycles. The maximum atomic E-state index is 10.4. The number of benzene rings is 1. The summed E-state index contributed by atoms with van der Waals surface area (Å²) in [5.41, 5.74) is 0.370. The number of carbonyl (C=O) groups is 1. The number of hydrogen-bond acceptors (Lipinski definition) is 2. The second kappa shape index (κ2) is 6.84. The van der Waals surface area contributed by atoms with Crippen molar-refractivity contribution >= 4 is 32.1 Å². The Morgan fingerprint density at radius 2 is 1.86 bits per heavy atom. The Hall–Kier alpha value is -0.551. The number of aromatic carboxylic acids is 1. The number of rotatable bonds is 1. The van der Waals surface area contributed by atoms with Gasteiger partial charge < -0.3 is 4.90 Å². The zero-order valence-electron chi connectivity index (χ0n) is 8.61. The summed E-state index contributed by atoms with van der Waals surface area (Å²) in [5.74, 6) is -0.857. The first-order valence-electron chi connectivity index (χ1n) is 4.09. The number of carboxylic acid groups (broad SMARTS) is 1. The SMILES string of the molecule is CN(C)C.O=C(O)c1ccc[c]([Sn])c1. The van der Waals surface area contributed by atoms with Gasteiger partial charge in [0.25, 0.3) is 0 Å². The molecule has 0 aromatic heterocycles. The minimum absolute atomic E-state index is 0.370.